The van der Waals surface area contributed by atoms with E-state index < -0.39 is 22.0 Å². The minimum Gasteiger partial charge on any atom is -0.395 e. The molecule has 1 heterocycles. The SMILES string of the molecule is CCC(=O)N(CCO)[C@H]1CS(=O)(=O)C[C@@H]1O. The molecular formula is C9H17NO5S. The third-order valence-corrected chi connectivity index (χ3v) is 4.36. The summed E-state index contributed by atoms with van der Waals surface area (Å²) in [6, 6.07) is -0.718. The Labute approximate surface area is 94.8 Å². The van der Waals surface area contributed by atoms with Gasteiger partial charge in [-0.25, -0.2) is 8.42 Å². The summed E-state index contributed by atoms with van der Waals surface area (Å²) in [5.74, 6) is -0.786. The highest BCUT2D eigenvalue weighted by atomic mass is 32.2. The quantitative estimate of drug-likeness (QED) is 0.626. The molecule has 1 amide bonds. The highest BCUT2D eigenvalue weighted by Crippen LogP contribution is 2.19. The van der Waals surface area contributed by atoms with Gasteiger partial charge in [0.2, 0.25) is 5.91 Å². The molecule has 7 heteroatoms. The largest absolute Gasteiger partial charge is 0.395 e. The highest BCUT2D eigenvalue weighted by Gasteiger charge is 2.41. The normalized spacial score (nSPS) is 27.9. The van der Waals surface area contributed by atoms with Gasteiger partial charge in [0.1, 0.15) is 0 Å². The summed E-state index contributed by atoms with van der Waals surface area (Å²) < 4.78 is 22.6. The summed E-state index contributed by atoms with van der Waals surface area (Å²) in [6.07, 6.45) is -0.824. The zero-order chi connectivity index (χ0) is 12.3. The topological polar surface area (TPSA) is 94.9 Å². The molecule has 0 aliphatic carbocycles. The Morgan fingerprint density at radius 1 is 1.44 bits per heavy atom. The van der Waals surface area contributed by atoms with Gasteiger partial charge in [-0.15, -0.1) is 0 Å². The van der Waals surface area contributed by atoms with Crippen LogP contribution in [0.1, 0.15) is 13.3 Å². The average Bonchev–Trinajstić information content (AvgIpc) is 2.47. The standard InChI is InChI=1S/C9H17NO5S/c1-2-9(13)10(3-4-11)7-5-16(14,15)6-8(7)12/h7-8,11-12H,2-6H2,1H3/t7-,8-/m0/s1. The molecule has 1 aliphatic heterocycles. The lowest BCUT2D eigenvalue weighted by molar-refractivity contribution is -0.135. The van der Waals surface area contributed by atoms with Crippen LogP contribution in [0, 0.1) is 0 Å². The summed E-state index contributed by atoms with van der Waals surface area (Å²) in [5.41, 5.74) is 0. The van der Waals surface area contributed by atoms with Gasteiger partial charge in [0.15, 0.2) is 9.84 Å². The van der Waals surface area contributed by atoms with Gasteiger partial charge in [0.05, 0.1) is 30.3 Å². The first kappa shape index (κ1) is 13.4. The van der Waals surface area contributed by atoms with Gasteiger partial charge in [-0.3, -0.25) is 4.79 Å². The van der Waals surface area contributed by atoms with Crippen molar-refractivity contribution in [2.45, 2.75) is 25.5 Å². The number of hydrogen-bond donors (Lipinski definition) is 2. The molecule has 0 spiro atoms. The predicted octanol–water partition coefficient (Wildman–Crippen LogP) is -1.62. The smallest absolute Gasteiger partial charge is 0.222 e. The molecule has 2 atom stereocenters. The summed E-state index contributed by atoms with van der Waals surface area (Å²) in [5, 5.41) is 18.4. The van der Waals surface area contributed by atoms with Crippen molar-refractivity contribution >= 4 is 15.7 Å². The zero-order valence-electron chi connectivity index (χ0n) is 9.16. The summed E-state index contributed by atoms with van der Waals surface area (Å²) in [7, 11) is -3.28. The Morgan fingerprint density at radius 2 is 2.06 bits per heavy atom. The second-order valence-corrected chi connectivity index (χ2v) is 6.03. The summed E-state index contributed by atoms with van der Waals surface area (Å²) >= 11 is 0. The minimum absolute atomic E-state index is 0.0594. The van der Waals surface area contributed by atoms with Crippen LogP contribution in [0.15, 0.2) is 0 Å². The van der Waals surface area contributed by atoms with E-state index in [9.17, 15) is 18.3 Å². The van der Waals surface area contributed by atoms with E-state index in [0.717, 1.165) is 0 Å². The van der Waals surface area contributed by atoms with Gasteiger partial charge in [-0.1, -0.05) is 6.92 Å². The van der Waals surface area contributed by atoms with Gasteiger partial charge in [-0.05, 0) is 0 Å². The number of carbonyl (C=O) groups is 1. The number of amides is 1. The second kappa shape index (κ2) is 5.11. The number of rotatable bonds is 4. The van der Waals surface area contributed by atoms with E-state index in [2.05, 4.69) is 0 Å². The van der Waals surface area contributed by atoms with E-state index in [0.29, 0.717) is 0 Å². The molecular weight excluding hydrogens is 234 g/mol. The summed E-state index contributed by atoms with van der Waals surface area (Å²) in [4.78, 5) is 12.8. The van der Waals surface area contributed by atoms with Crippen molar-refractivity contribution in [3.63, 3.8) is 0 Å². The number of carbonyl (C=O) groups excluding carboxylic acids is 1. The van der Waals surface area contributed by atoms with Gasteiger partial charge >= 0.3 is 0 Å². The van der Waals surface area contributed by atoms with E-state index in [1.165, 1.54) is 4.90 Å². The van der Waals surface area contributed by atoms with Crippen molar-refractivity contribution in [2.75, 3.05) is 24.7 Å². The van der Waals surface area contributed by atoms with Crippen LogP contribution in [0.3, 0.4) is 0 Å². The van der Waals surface area contributed by atoms with Crippen LogP contribution in [0.4, 0.5) is 0 Å². The first-order valence-electron chi connectivity index (χ1n) is 5.20. The number of aliphatic hydroxyl groups excluding tert-OH is 2. The Morgan fingerprint density at radius 3 is 2.44 bits per heavy atom. The fraction of sp³-hybridized carbons (Fsp3) is 0.889. The molecule has 6 nitrogen and oxygen atoms in total. The molecule has 0 aromatic rings. The van der Waals surface area contributed by atoms with E-state index in [4.69, 9.17) is 5.11 Å². The Balaban J connectivity index is 2.83. The second-order valence-electron chi connectivity index (χ2n) is 3.88. The van der Waals surface area contributed by atoms with E-state index in [1.54, 1.807) is 6.92 Å². The third-order valence-electron chi connectivity index (χ3n) is 2.66. The molecule has 0 bridgehead atoms. The average molecular weight is 251 g/mol. The van der Waals surface area contributed by atoms with Crippen molar-refractivity contribution in [1.82, 2.24) is 4.90 Å². The number of aliphatic hydroxyl groups is 2. The lowest BCUT2D eigenvalue weighted by Gasteiger charge is -2.29. The van der Waals surface area contributed by atoms with Crippen LogP contribution in [0.25, 0.3) is 0 Å². The molecule has 1 fully saturated rings. The van der Waals surface area contributed by atoms with E-state index in [1.807, 2.05) is 0 Å². The number of nitrogens with zero attached hydrogens (tertiary/aromatic N) is 1. The lowest BCUT2D eigenvalue weighted by Crippen LogP contribution is -2.47. The molecule has 0 unspecified atom stereocenters. The lowest BCUT2D eigenvalue weighted by atomic mass is 10.1. The fourth-order valence-corrected chi connectivity index (χ4v) is 3.70. The highest BCUT2D eigenvalue weighted by molar-refractivity contribution is 7.91. The van der Waals surface area contributed by atoms with Crippen LogP contribution in [0.2, 0.25) is 0 Å². The molecule has 2 N–H and O–H groups in total. The van der Waals surface area contributed by atoms with Crippen molar-refractivity contribution < 1.29 is 23.4 Å². The van der Waals surface area contributed by atoms with Crippen LogP contribution >= 0.6 is 0 Å². The molecule has 0 aromatic heterocycles. The van der Waals surface area contributed by atoms with Gasteiger partial charge in [-0.2, -0.15) is 0 Å². The Bertz CT molecular complexity index is 353. The Kier molecular flexibility index (Phi) is 4.28. The van der Waals surface area contributed by atoms with Crippen molar-refractivity contribution in [3.05, 3.63) is 0 Å². The molecule has 16 heavy (non-hydrogen) atoms. The molecule has 1 saturated heterocycles. The van der Waals surface area contributed by atoms with Crippen LogP contribution in [-0.2, 0) is 14.6 Å². The molecule has 0 saturated carbocycles. The maximum atomic E-state index is 11.6. The fourth-order valence-electron chi connectivity index (χ4n) is 1.89. The predicted molar refractivity (Wildman–Crippen MR) is 57.5 cm³/mol. The van der Waals surface area contributed by atoms with Gasteiger partial charge in [0, 0.05) is 13.0 Å². The molecule has 0 radical (unpaired) electrons. The number of sulfone groups is 1. The zero-order valence-corrected chi connectivity index (χ0v) is 9.98. The first-order valence-corrected chi connectivity index (χ1v) is 7.02. The van der Waals surface area contributed by atoms with Gasteiger partial charge in [0.25, 0.3) is 0 Å². The van der Waals surface area contributed by atoms with E-state index in [-0.39, 0.29) is 37.0 Å². The van der Waals surface area contributed by atoms with Crippen LogP contribution < -0.4 is 0 Å². The van der Waals surface area contributed by atoms with Crippen LogP contribution in [-0.4, -0.2) is 66.2 Å². The van der Waals surface area contributed by atoms with Crippen molar-refractivity contribution in [3.8, 4) is 0 Å². The Hall–Kier alpha value is -0.660. The molecule has 1 rings (SSSR count). The van der Waals surface area contributed by atoms with Crippen molar-refractivity contribution in [2.24, 2.45) is 0 Å². The molecule has 94 valence electrons. The number of hydrogen-bond acceptors (Lipinski definition) is 5. The minimum atomic E-state index is -3.28. The maximum Gasteiger partial charge on any atom is 0.222 e. The summed E-state index contributed by atoms with van der Waals surface area (Å²) in [6.45, 7) is 1.47. The van der Waals surface area contributed by atoms with E-state index >= 15 is 0 Å². The van der Waals surface area contributed by atoms with Gasteiger partial charge < -0.3 is 15.1 Å². The van der Waals surface area contributed by atoms with Crippen molar-refractivity contribution in [1.29, 1.82) is 0 Å². The molecule has 0 aromatic carbocycles. The third kappa shape index (κ3) is 2.93. The monoisotopic (exact) mass is 251 g/mol. The van der Waals surface area contributed by atoms with Crippen LogP contribution in [0.5, 0.6) is 0 Å². The molecule has 1 aliphatic rings. The maximum absolute atomic E-state index is 11.6. The first-order chi connectivity index (χ1) is 7.41.